The van der Waals surface area contributed by atoms with Gasteiger partial charge in [0.05, 0.1) is 12.1 Å². The predicted octanol–water partition coefficient (Wildman–Crippen LogP) is 1.79. The van der Waals surface area contributed by atoms with Crippen molar-refractivity contribution >= 4 is 11.9 Å². The summed E-state index contributed by atoms with van der Waals surface area (Å²) in [6.45, 7) is 2.23. The number of nitrogens with two attached hydrogens (primary N) is 2. The topological polar surface area (TPSA) is 69.9 Å². The van der Waals surface area contributed by atoms with Crippen molar-refractivity contribution < 1.29 is 4.39 Å². The lowest BCUT2D eigenvalue weighted by atomic mass is 9.85. The molecule has 4 N–H and O–H groups in total. The van der Waals surface area contributed by atoms with Gasteiger partial charge in [0.2, 0.25) is 0 Å². The zero-order chi connectivity index (χ0) is 13.6. The third-order valence-electron chi connectivity index (χ3n) is 3.56. The SMILES string of the molecule is Cc1c(F)cccc1C1(N)C=Cc2nc(N)cn2C1. The Labute approximate surface area is 110 Å². The van der Waals surface area contributed by atoms with Crippen LogP contribution in [0.3, 0.4) is 0 Å². The minimum Gasteiger partial charge on any atom is -0.382 e. The van der Waals surface area contributed by atoms with Gasteiger partial charge in [0.15, 0.2) is 0 Å². The zero-order valence-electron chi connectivity index (χ0n) is 10.6. The molecule has 4 nitrogen and oxygen atoms in total. The van der Waals surface area contributed by atoms with E-state index in [4.69, 9.17) is 11.5 Å². The van der Waals surface area contributed by atoms with Crippen LogP contribution in [0.25, 0.3) is 6.08 Å². The second-order valence-electron chi connectivity index (χ2n) is 4.94. The summed E-state index contributed by atoms with van der Waals surface area (Å²) in [6, 6.07) is 4.97. The second-order valence-corrected chi connectivity index (χ2v) is 4.94. The smallest absolute Gasteiger partial charge is 0.142 e. The molecule has 3 rings (SSSR count). The van der Waals surface area contributed by atoms with E-state index in [1.54, 1.807) is 19.2 Å². The maximum absolute atomic E-state index is 13.7. The van der Waals surface area contributed by atoms with Gasteiger partial charge in [0.1, 0.15) is 17.5 Å². The molecule has 0 saturated carbocycles. The molecule has 1 aliphatic rings. The molecule has 0 aliphatic carbocycles. The van der Waals surface area contributed by atoms with E-state index in [9.17, 15) is 4.39 Å². The Hall–Kier alpha value is -2.14. The summed E-state index contributed by atoms with van der Waals surface area (Å²) in [7, 11) is 0. The summed E-state index contributed by atoms with van der Waals surface area (Å²) in [5.41, 5.74) is 12.7. The molecule has 19 heavy (non-hydrogen) atoms. The Morgan fingerprint density at radius 3 is 3.00 bits per heavy atom. The summed E-state index contributed by atoms with van der Waals surface area (Å²) in [5, 5.41) is 0. The molecule has 1 unspecified atom stereocenters. The molecular formula is C14H15FN4. The average molecular weight is 258 g/mol. The lowest BCUT2D eigenvalue weighted by Gasteiger charge is -2.31. The van der Waals surface area contributed by atoms with Crippen molar-refractivity contribution in [1.29, 1.82) is 0 Å². The van der Waals surface area contributed by atoms with E-state index in [0.717, 1.165) is 11.4 Å². The summed E-state index contributed by atoms with van der Waals surface area (Å²) >= 11 is 0. The van der Waals surface area contributed by atoms with Crippen LogP contribution < -0.4 is 11.5 Å². The van der Waals surface area contributed by atoms with Crippen LogP contribution in [0.4, 0.5) is 10.2 Å². The summed E-state index contributed by atoms with van der Waals surface area (Å²) in [6.07, 6.45) is 5.43. The van der Waals surface area contributed by atoms with Crippen LogP contribution >= 0.6 is 0 Å². The fraction of sp³-hybridized carbons (Fsp3) is 0.214. The molecule has 1 aromatic carbocycles. The molecule has 0 spiro atoms. The normalized spacial score (nSPS) is 21.4. The molecule has 1 aromatic heterocycles. The zero-order valence-corrected chi connectivity index (χ0v) is 10.6. The van der Waals surface area contributed by atoms with Crippen molar-refractivity contribution in [2.45, 2.75) is 19.0 Å². The number of halogens is 1. The maximum atomic E-state index is 13.7. The number of hydrogen-bond acceptors (Lipinski definition) is 3. The Bertz CT molecular complexity index is 674. The average Bonchev–Trinajstić information content (AvgIpc) is 2.71. The predicted molar refractivity (Wildman–Crippen MR) is 72.7 cm³/mol. The first kappa shape index (κ1) is 11.9. The lowest BCUT2D eigenvalue weighted by Crippen LogP contribution is -2.41. The van der Waals surface area contributed by atoms with Crippen LogP contribution in [0, 0.1) is 12.7 Å². The van der Waals surface area contributed by atoms with E-state index in [1.807, 2.05) is 22.8 Å². The minimum atomic E-state index is -0.744. The number of benzene rings is 1. The van der Waals surface area contributed by atoms with E-state index in [2.05, 4.69) is 4.98 Å². The molecule has 0 bridgehead atoms. The Kier molecular flexibility index (Phi) is 2.46. The molecular weight excluding hydrogens is 243 g/mol. The number of rotatable bonds is 1. The fourth-order valence-corrected chi connectivity index (χ4v) is 2.56. The summed E-state index contributed by atoms with van der Waals surface area (Å²) < 4.78 is 15.6. The number of anilines is 1. The van der Waals surface area contributed by atoms with Gasteiger partial charge >= 0.3 is 0 Å². The number of hydrogen-bond donors (Lipinski definition) is 2. The van der Waals surface area contributed by atoms with Crippen molar-refractivity contribution in [1.82, 2.24) is 9.55 Å². The highest BCUT2D eigenvalue weighted by molar-refractivity contribution is 5.52. The van der Waals surface area contributed by atoms with E-state index < -0.39 is 5.54 Å². The molecule has 5 heteroatoms. The number of nitrogens with zero attached hydrogens (tertiary/aromatic N) is 2. The van der Waals surface area contributed by atoms with Gasteiger partial charge in [-0.3, -0.25) is 0 Å². The van der Waals surface area contributed by atoms with Crippen LogP contribution in [-0.2, 0) is 12.1 Å². The molecule has 0 saturated heterocycles. The van der Waals surface area contributed by atoms with Gasteiger partial charge in [0, 0.05) is 6.20 Å². The van der Waals surface area contributed by atoms with E-state index in [-0.39, 0.29) is 5.82 Å². The first-order valence-electron chi connectivity index (χ1n) is 6.06. The third-order valence-corrected chi connectivity index (χ3v) is 3.56. The third kappa shape index (κ3) is 1.82. The lowest BCUT2D eigenvalue weighted by molar-refractivity contribution is 0.446. The van der Waals surface area contributed by atoms with Crippen LogP contribution in [0.1, 0.15) is 17.0 Å². The van der Waals surface area contributed by atoms with Crippen molar-refractivity contribution in [2.75, 3.05) is 5.73 Å². The van der Waals surface area contributed by atoms with Crippen LogP contribution in [0.5, 0.6) is 0 Å². The van der Waals surface area contributed by atoms with E-state index >= 15 is 0 Å². The highest BCUT2D eigenvalue weighted by Crippen LogP contribution is 2.31. The molecule has 0 amide bonds. The highest BCUT2D eigenvalue weighted by atomic mass is 19.1. The molecule has 98 valence electrons. The van der Waals surface area contributed by atoms with Gasteiger partial charge in [-0.25, -0.2) is 9.37 Å². The Morgan fingerprint density at radius 1 is 1.42 bits per heavy atom. The van der Waals surface area contributed by atoms with E-state index in [1.165, 1.54) is 6.07 Å². The first-order chi connectivity index (χ1) is 8.99. The number of nitrogen functional groups attached to an aromatic ring is 1. The summed E-state index contributed by atoms with van der Waals surface area (Å²) in [4.78, 5) is 4.17. The van der Waals surface area contributed by atoms with Crippen molar-refractivity contribution in [3.8, 4) is 0 Å². The van der Waals surface area contributed by atoms with Crippen LogP contribution in [-0.4, -0.2) is 9.55 Å². The first-order valence-corrected chi connectivity index (χ1v) is 6.06. The van der Waals surface area contributed by atoms with Crippen LogP contribution in [0.15, 0.2) is 30.5 Å². The largest absolute Gasteiger partial charge is 0.382 e. The Balaban J connectivity index is 2.08. The number of fused-ring (bicyclic) bond motifs is 1. The number of aromatic nitrogens is 2. The monoisotopic (exact) mass is 258 g/mol. The summed E-state index contributed by atoms with van der Waals surface area (Å²) in [5.74, 6) is 0.985. The quantitative estimate of drug-likeness (QED) is 0.819. The van der Waals surface area contributed by atoms with Gasteiger partial charge in [0.25, 0.3) is 0 Å². The molecule has 2 heterocycles. The van der Waals surface area contributed by atoms with Gasteiger partial charge in [-0.15, -0.1) is 0 Å². The van der Waals surface area contributed by atoms with Crippen molar-refractivity contribution in [3.63, 3.8) is 0 Å². The Morgan fingerprint density at radius 2 is 2.21 bits per heavy atom. The van der Waals surface area contributed by atoms with Gasteiger partial charge in [-0.05, 0) is 30.2 Å². The van der Waals surface area contributed by atoms with Crippen molar-refractivity contribution in [3.05, 3.63) is 53.2 Å². The molecule has 0 fully saturated rings. The minimum absolute atomic E-state index is 0.244. The number of imidazole rings is 1. The molecule has 1 aliphatic heterocycles. The van der Waals surface area contributed by atoms with Gasteiger partial charge in [-0.1, -0.05) is 18.2 Å². The second kappa shape index (κ2) is 3.93. The molecule has 0 radical (unpaired) electrons. The maximum Gasteiger partial charge on any atom is 0.142 e. The van der Waals surface area contributed by atoms with Crippen LogP contribution in [0.2, 0.25) is 0 Å². The fourth-order valence-electron chi connectivity index (χ4n) is 2.56. The molecule has 1 atom stereocenters. The molecule has 2 aromatic rings. The standard InChI is InChI=1S/C14H15FN4/c1-9-10(3-2-4-11(9)15)14(17)6-5-13-18-12(16)7-19(13)8-14/h2-7H,8,16-17H2,1H3. The van der Waals surface area contributed by atoms with Crippen molar-refractivity contribution in [2.24, 2.45) is 5.73 Å². The van der Waals surface area contributed by atoms with Gasteiger partial charge in [-0.2, -0.15) is 0 Å². The van der Waals surface area contributed by atoms with E-state index in [0.29, 0.717) is 17.9 Å². The highest BCUT2D eigenvalue weighted by Gasteiger charge is 2.31. The van der Waals surface area contributed by atoms with Gasteiger partial charge < -0.3 is 16.0 Å².